The summed E-state index contributed by atoms with van der Waals surface area (Å²) in [4.78, 5) is 2.67. The fourth-order valence-electron chi connectivity index (χ4n) is 6.65. The Labute approximate surface area is 200 Å². The largest absolute Gasteiger partial charge is 0.363 e. The molecule has 33 heavy (non-hydrogen) atoms. The van der Waals surface area contributed by atoms with Crippen molar-refractivity contribution in [3.05, 3.63) is 89.3 Å². The Bertz CT molecular complexity index is 1050. The minimum Gasteiger partial charge on any atom is -0.363 e. The Morgan fingerprint density at radius 3 is 2.52 bits per heavy atom. The van der Waals surface area contributed by atoms with Crippen molar-refractivity contribution in [2.75, 3.05) is 19.6 Å². The molecule has 1 aromatic carbocycles. The van der Waals surface area contributed by atoms with Crippen LogP contribution in [0.4, 0.5) is 0 Å². The predicted molar refractivity (Wildman–Crippen MR) is 141 cm³/mol. The van der Waals surface area contributed by atoms with Gasteiger partial charge in [-0.15, -0.1) is 0 Å². The second-order valence-electron chi connectivity index (χ2n) is 11.2. The first-order chi connectivity index (χ1) is 15.8. The van der Waals surface area contributed by atoms with Gasteiger partial charge in [0, 0.05) is 29.3 Å². The van der Waals surface area contributed by atoms with Gasteiger partial charge in [-0.25, -0.2) is 0 Å². The molecular weight excluding hydrogens is 400 g/mol. The zero-order chi connectivity index (χ0) is 23.2. The molecular formula is C31H40N2. The van der Waals surface area contributed by atoms with E-state index >= 15 is 0 Å². The van der Waals surface area contributed by atoms with Crippen LogP contribution in [-0.4, -0.2) is 24.5 Å². The Kier molecular flexibility index (Phi) is 5.99. The maximum Gasteiger partial charge on any atom is 0.0196 e. The van der Waals surface area contributed by atoms with Crippen molar-refractivity contribution in [2.45, 2.75) is 64.7 Å². The van der Waals surface area contributed by atoms with Crippen LogP contribution in [0.3, 0.4) is 0 Å². The zero-order valence-electron chi connectivity index (χ0n) is 20.7. The molecule has 5 rings (SSSR count). The number of fused-ring (bicyclic) bond motifs is 1. The maximum atomic E-state index is 4.58. The van der Waals surface area contributed by atoms with E-state index in [1.807, 2.05) is 0 Å². The molecule has 0 amide bonds. The third kappa shape index (κ3) is 4.30. The molecule has 0 aromatic heterocycles. The van der Waals surface area contributed by atoms with E-state index in [0.717, 1.165) is 37.2 Å². The second-order valence-corrected chi connectivity index (χ2v) is 11.2. The Morgan fingerprint density at radius 1 is 1.03 bits per heavy atom. The maximum absolute atomic E-state index is 4.58. The van der Waals surface area contributed by atoms with E-state index in [4.69, 9.17) is 0 Å². The highest BCUT2D eigenvalue weighted by Gasteiger charge is 2.45. The standard InChI is InChI=1S/C31H40N2/c1-21-6-9-25(10-7-21)20-33-16-14-26(15-17-33)27-11-12-29-23(3)31(5,19-28(29)18-27)30-13-8-22(2)32-24(30)4/h6,9,11-12,18,26,30,32H,2-4,7-8,10,13-17,19-20H2,1,5H3. The van der Waals surface area contributed by atoms with Gasteiger partial charge >= 0.3 is 0 Å². The van der Waals surface area contributed by atoms with Crippen molar-refractivity contribution >= 4 is 5.57 Å². The summed E-state index contributed by atoms with van der Waals surface area (Å²) in [5, 5.41) is 3.44. The van der Waals surface area contributed by atoms with Gasteiger partial charge in [0.05, 0.1) is 0 Å². The van der Waals surface area contributed by atoms with Gasteiger partial charge in [-0.1, -0.05) is 68.2 Å². The van der Waals surface area contributed by atoms with Crippen molar-refractivity contribution < 1.29 is 0 Å². The van der Waals surface area contributed by atoms with Gasteiger partial charge in [0.15, 0.2) is 0 Å². The van der Waals surface area contributed by atoms with Gasteiger partial charge in [0.1, 0.15) is 0 Å². The molecule has 2 heterocycles. The number of piperidine rings is 2. The number of hydrogen-bond donors (Lipinski definition) is 1. The first-order valence-electron chi connectivity index (χ1n) is 12.9. The van der Waals surface area contributed by atoms with Crippen LogP contribution in [-0.2, 0) is 6.42 Å². The lowest BCUT2D eigenvalue weighted by Crippen LogP contribution is -2.36. The van der Waals surface area contributed by atoms with E-state index in [1.165, 1.54) is 66.6 Å². The van der Waals surface area contributed by atoms with Crippen LogP contribution < -0.4 is 5.32 Å². The van der Waals surface area contributed by atoms with Gasteiger partial charge in [0.2, 0.25) is 0 Å². The SMILES string of the molecule is C=C1CCC(C2(C)Cc3cc(C4CCN(CC5=CC=C(C)CC5)CC4)ccc3C2=C)C(=C)N1. The smallest absolute Gasteiger partial charge is 0.0196 e. The summed E-state index contributed by atoms with van der Waals surface area (Å²) in [6.07, 6.45) is 12.9. The summed E-state index contributed by atoms with van der Waals surface area (Å²) >= 11 is 0. The highest BCUT2D eigenvalue weighted by molar-refractivity contribution is 5.76. The number of allylic oxidation sites excluding steroid dienone is 6. The lowest BCUT2D eigenvalue weighted by Gasteiger charge is -2.40. The summed E-state index contributed by atoms with van der Waals surface area (Å²) in [5.41, 5.74) is 11.1. The molecule has 2 nitrogen and oxygen atoms in total. The molecule has 2 aliphatic heterocycles. The Hall–Kier alpha value is -2.32. The van der Waals surface area contributed by atoms with Gasteiger partial charge in [-0.05, 0) is 93.1 Å². The molecule has 2 fully saturated rings. The molecule has 2 unspecified atom stereocenters. The van der Waals surface area contributed by atoms with Crippen LogP contribution in [0, 0.1) is 11.3 Å². The molecule has 174 valence electrons. The van der Waals surface area contributed by atoms with Crippen LogP contribution in [0.25, 0.3) is 5.57 Å². The van der Waals surface area contributed by atoms with E-state index < -0.39 is 0 Å². The average Bonchev–Trinajstić information content (AvgIpc) is 3.06. The number of hydrogen-bond acceptors (Lipinski definition) is 2. The third-order valence-corrected chi connectivity index (χ3v) is 8.89. The van der Waals surface area contributed by atoms with Crippen molar-refractivity contribution in [3.63, 3.8) is 0 Å². The summed E-state index contributed by atoms with van der Waals surface area (Å²) in [7, 11) is 0. The third-order valence-electron chi connectivity index (χ3n) is 8.89. The summed E-state index contributed by atoms with van der Waals surface area (Å²) < 4.78 is 0. The van der Waals surface area contributed by atoms with Crippen molar-refractivity contribution in [3.8, 4) is 0 Å². The molecule has 0 radical (unpaired) electrons. The molecule has 1 aromatic rings. The lowest BCUT2D eigenvalue weighted by atomic mass is 9.68. The highest BCUT2D eigenvalue weighted by atomic mass is 15.1. The molecule has 0 bridgehead atoms. The van der Waals surface area contributed by atoms with Gasteiger partial charge in [-0.2, -0.15) is 0 Å². The van der Waals surface area contributed by atoms with Crippen molar-refractivity contribution in [2.24, 2.45) is 11.3 Å². The monoisotopic (exact) mass is 440 g/mol. The Morgan fingerprint density at radius 2 is 1.82 bits per heavy atom. The lowest BCUT2D eigenvalue weighted by molar-refractivity contribution is 0.226. The second kappa shape index (κ2) is 8.80. The minimum atomic E-state index is 0.0512. The minimum absolute atomic E-state index is 0.0512. The van der Waals surface area contributed by atoms with E-state index in [2.05, 4.69) is 74.2 Å². The van der Waals surface area contributed by atoms with E-state index in [1.54, 1.807) is 5.57 Å². The quantitative estimate of drug-likeness (QED) is 0.535. The molecule has 2 heteroatoms. The van der Waals surface area contributed by atoms with E-state index in [9.17, 15) is 0 Å². The fraction of sp³-hybridized carbons (Fsp3) is 0.484. The molecule has 0 saturated carbocycles. The molecule has 1 N–H and O–H groups in total. The average molecular weight is 441 g/mol. The van der Waals surface area contributed by atoms with Gasteiger partial charge in [-0.3, -0.25) is 4.90 Å². The summed E-state index contributed by atoms with van der Waals surface area (Å²) in [6.45, 7) is 21.3. The predicted octanol–water partition coefficient (Wildman–Crippen LogP) is 7.14. The molecule has 2 aliphatic carbocycles. The number of benzene rings is 1. The number of nitrogens with one attached hydrogen (secondary N) is 1. The van der Waals surface area contributed by atoms with Crippen molar-refractivity contribution in [1.29, 1.82) is 0 Å². The van der Waals surface area contributed by atoms with E-state index in [0.29, 0.717) is 11.8 Å². The van der Waals surface area contributed by atoms with Crippen LogP contribution in [0.15, 0.2) is 72.6 Å². The molecule has 4 aliphatic rings. The van der Waals surface area contributed by atoms with Crippen LogP contribution >= 0.6 is 0 Å². The van der Waals surface area contributed by atoms with E-state index in [-0.39, 0.29) is 5.41 Å². The highest BCUT2D eigenvalue weighted by Crippen LogP contribution is 2.54. The number of nitrogens with zero attached hydrogens (tertiary/aromatic N) is 1. The normalized spacial score (nSPS) is 28.9. The molecule has 2 atom stereocenters. The zero-order valence-corrected chi connectivity index (χ0v) is 20.7. The Balaban J connectivity index is 1.25. The van der Waals surface area contributed by atoms with Gasteiger partial charge < -0.3 is 5.32 Å². The van der Waals surface area contributed by atoms with Crippen molar-refractivity contribution in [1.82, 2.24) is 10.2 Å². The molecule has 0 spiro atoms. The first kappa shape index (κ1) is 22.5. The van der Waals surface area contributed by atoms with Crippen LogP contribution in [0.2, 0.25) is 0 Å². The fourth-order valence-corrected chi connectivity index (χ4v) is 6.65. The molecule has 2 saturated heterocycles. The summed E-state index contributed by atoms with van der Waals surface area (Å²) in [5.74, 6) is 1.10. The van der Waals surface area contributed by atoms with Crippen LogP contribution in [0.5, 0.6) is 0 Å². The topological polar surface area (TPSA) is 15.3 Å². The van der Waals surface area contributed by atoms with Gasteiger partial charge in [0.25, 0.3) is 0 Å². The summed E-state index contributed by atoms with van der Waals surface area (Å²) in [6, 6.07) is 7.27. The first-order valence-corrected chi connectivity index (χ1v) is 12.9. The van der Waals surface area contributed by atoms with Crippen LogP contribution in [0.1, 0.15) is 75.0 Å². The number of likely N-dealkylation sites (tertiary alicyclic amines) is 1. The number of rotatable bonds is 4.